The predicted octanol–water partition coefficient (Wildman–Crippen LogP) is 15.3. The van der Waals surface area contributed by atoms with E-state index >= 15 is 0 Å². The Balaban J connectivity index is 1.08. The molecule has 0 fully saturated rings. The van der Waals surface area contributed by atoms with Gasteiger partial charge in [-0.15, -0.1) is 0 Å². The largest absolute Gasteiger partial charge is 0.458 e. The topological polar surface area (TPSA) is 35.9 Å². The number of ether oxygens (including phenoxy) is 1. The maximum Gasteiger partial charge on any atom is 0.269 e. The molecular formula is C61H58N4O. The summed E-state index contributed by atoms with van der Waals surface area (Å²) in [6, 6.07) is 59.6. The summed E-state index contributed by atoms with van der Waals surface area (Å²) in [5.41, 5.74) is 13.2. The van der Waals surface area contributed by atoms with Crippen molar-refractivity contribution in [2.45, 2.75) is 67.7 Å². The zero-order chi connectivity index (χ0) is 47.3. The lowest BCUT2D eigenvalue weighted by Gasteiger charge is -2.18. The molecule has 3 heterocycles. The van der Waals surface area contributed by atoms with E-state index in [-0.39, 0.29) is 0 Å². The van der Waals surface area contributed by atoms with Crippen molar-refractivity contribution in [3.63, 3.8) is 0 Å². The predicted molar refractivity (Wildman–Crippen MR) is 273 cm³/mol. The van der Waals surface area contributed by atoms with Crippen molar-refractivity contribution in [1.29, 1.82) is 0 Å². The monoisotopic (exact) mass is 864 g/mol. The number of hydrogen-bond donors (Lipinski definition) is 0. The molecule has 3 aromatic heterocycles. The first-order chi connectivity index (χ1) is 32.7. The van der Waals surface area contributed by atoms with E-state index in [1.807, 2.05) is 57.2 Å². The highest BCUT2D eigenvalue weighted by atomic mass is 16.5. The van der Waals surface area contributed by atoms with E-state index in [1.165, 1.54) is 22.3 Å². The Labute approximate surface area is 392 Å². The number of nitrogens with zero attached hydrogens (tertiary/aromatic N) is 4. The average molecular weight is 865 g/mol. The third-order valence-electron chi connectivity index (χ3n) is 12.0. The average Bonchev–Trinajstić information content (AvgIpc) is 3.87. The number of rotatable bonds is 12. The van der Waals surface area contributed by atoms with Gasteiger partial charge in [0.1, 0.15) is 17.3 Å². The van der Waals surface area contributed by atoms with Crippen LogP contribution in [0.5, 0.6) is 11.5 Å². The summed E-state index contributed by atoms with van der Waals surface area (Å²) in [7, 11) is 0. The van der Waals surface area contributed by atoms with Crippen LogP contribution in [0.15, 0.2) is 176 Å². The Kier molecular flexibility index (Phi) is 10.8. The Morgan fingerprint density at radius 2 is 1.21 bits per heavy atom. The van der Waals surface area contributed by atoms with Crippen LogP contribution in [0.2, 0.25) is 0 Å². The molecule has 328 valence electrons. The molecule has 0 bridgehead atoms. The van der Waals surface area contributed by atoms with E-state index in [2.05, 4.69) is 175 Å². The van der Waals surface area contributed by atoms with Crippen LogP contribution in [0.3, 0.4) is 0 Å². The number of aromatic nitrogens is 4. The number of benzene rings is 7. The van der Waals surface area contributed by atoms with Gasteiger partial charge in [0.25, 0.3) is 6.33 Å². The van der Waals surface area contributed by atoms with Gasteiger partial charge >= 0.3 is 0 Å². The molecule has 0 aliphatic carbocycles. The minimum atomic E-state index is -1.57. The second-order valence-electron chi connectivity index (χ2n) is 19.5. The Bertz CT molecular complexity index is 3410. The third-order valence-corrected chi connectivity index (χ3v) is 12.0. The van der Waals surface area contributed by atoms with Crippen LogP contribution >= 0.6 is 0 Å². The number of pyridine rings is 1. The fraction of sp³-hybridized carbons (Fsp3) is 0.213. The van der Waals surface area contributed by atoms with Crippen molar-refractivity contribution in [3.8, 4) is 50.9 Å². The third kappa shape index (κ3) is 8.66. The van der Waals surface area contributed by atoms with Gasteiger partial charge in [-0.1, -0.05) is 164 Å². The second-order valence-corrected chi connectivity index (χ2v) is 19.5. The molecular weight excluding hydrogens is 805 g/mol. The van der Waals surface area contributed by atoms with Gasteiger partial charge in [0.15, 0.2) is 0 Å². The zero-order valence-electron chi connectivity index (χ0n) is 41.0. The molecule has 0 atom stereocenters. The molecule has 0 radical (unpaired) electrons. The van der Waals surface area contributed by atoms with Crippen LogP contribution in [-0.4, -0.2) is 14.1 Å². The Hall–Kier alpha value is -7.24. The van der Waals surface area contributed by atoms with Gasteiger partial charge in [0.2, 0.25) is 0 Å². The van der Waals surface area contributed by atoms with Crippen LogP contribution in [0.4, 0.5) is 0 Å². The highest BCUT2D eigenvalue weighted by Gasteiger charge is 2.21. The standard InChI is InChI=1S/C61H58N4O/c1-41(2)32-43-16-12-18-46(34-43)51-23-15-24-52(47-19-13-17-44(35-47)33-42(3)4)60(51)64-40-63(56-26-10-11-27-57(56)64)48-20-14-21-49(37-48)66-50-28-29-54-53-22-8-9-25-55(53)65(58(54)38-50)59-36-45(30-31-62-59)39-61(5,6)7/h8-31,34-38,41-42H,32-33,39H2,1-7H3/i39D2. The van der Waals surface area contributed by atoms with Gasteiger partial charge in [-0.3, -0.25) is 13.7 Å². The molecule has 0 aliphatic rings. The van der Waals surface area contributed by atoms with Crippen molar-refractivity contribution >= 4 is 32.8 Å². The molecule has 0 amide bonds. The van der Waals surface area contributed by atoms with E-state index in [4.69, 9.17) is 12.5 Å². The van der Waals surface area contributed by atoms with Crippen LogP contribution in [-0.2, 0) is 19.2 Å². The summed E-state index contributed by atoms with van der Waals surface area (Å²) in [4.78, 5) is 4.81. The van der Waals surface area contributed by atoms with Crippen LogP contribution in [0.25, 0.3) is 72.3 Å². The highest BCUT2D eigenvalue weighted by Crippen LogP contribution is 2.38. The molecule has 10 aromatic rings. The lowest BCUT2D eigenvalue weighted by atomic mass is 9.88. The van der Waals surface area contributed by atoms with Gasteiger partial charge < -0.3 is 4.74 Å². The second kappa shape index (κ2) is 17.6. The van der Waals surface area contributed by atoms with Crippen molar-refractivity contribution in [2.75, 3.05) is 0 Å². The molecule has 7 aromatic carbocycles. The summed E-state index contributed by atoms with van der Waals surface area (Å²) < 4.78 is 31.4. The lowest BCUT2D eigenvalue weighted by Crippen LogP contribution is -2.31. The first-order valence-corrected chi connectivity index (χ1v) is 23.3. The maximum atomic E-state index is 9.04. The van der Waals surface area contributed by atoms with Gasteiger partial charge in [0.05, 0.1) is 33.4 Å². The number of imidazole rings is 1. The molecule has 0 unspecified atom stereocenters. The van der Waals surface area contributed by atoms with E-state index in [1.54, 1.807) is 12.3 Å². The smallest absolute Gasteiger partial charge is 0.269 e. The van der Waals surface area contributed by atoms with Crippen LogP contribution in [0.1, 0.15) is 67.9 Å². The van der Waals surface area contributed by atoms with Crippen molar-refractivity contribution in [1.82, 2.24) is 14.1 Å². The molecule has 0 spiro atoms. The zero-order valence-corrected chi connectivity index (χ0v) is 39.0. The van der Waals surface area contributed by atoms with Crippen molar-refractivity contribution in [2.24, 2.45) is 17.3 Å². The highest BCUT2D eigenvalue weighted by molar-refractivity contribution is 6.09. The fourth-order valence-corrected chi connectivity index (χ4v) is 9.48. The summed E-state index contributed by atoms with van der Waals surface area (Å²) in [6.07, 6.45) is 6.02. The van der Waals surface area contributed by atoms with Crippen LogP contribution < -0.4 is 9.30 Å². The van der Waals surface area contributed by atoms with Crippen molar-refractivity contribution < 1.29 is 12.0 Å². The summed E-state index contributed by atoms with van der Waals surface area (Å²) in [6.45, 7) is 14.9. The summed E-state index contributed by atoms with van der Waals surface area (Å²) in [5, 5.41) is 2.14. The summed E-state index contributed by atoms with van der Waals surface area (Å²) in [5.74, 6) is 3.10. The molecule has 5 nitrogen and oxygen atoms in total. The molecule has 66 heavy (non-hydrogen) atoms. The Morgan fingerprint density at radius 1 is 0.591 bits per heavy atom. The van der Waals surface area contributed by atoms with E-state index in [0.717, 1.165) is 68.2 Å². The Morgan fingerprint density at radius 3 is 1.91 bits per heavy atom. The molecule has 10 rings (SSSR count). The van der Waals surface area contributed by atoms with Gasteiger partial charge in [-0.2, -0.15) is 0 Å². The fourth-order valence-electron chi connectivity index (χ4n) is 9.48. The van der Waals surface area contributed by atoms with Gasteiger partial charge in [0, 0.05) is 25.8 Å². The van der Waals surface area contributed by atoms with Crippen LogP contribution in [0, 0.1) is 23.6 Å². The maximum absolute atomic E-state index is 9.04. The van der Waals surface area contributed by atoms with E-state index in [9.17, 15) is 0 Å². The molecule has 0 saturated heterocycles. The van der Waals surface area contributed by atoms with Gasteiger partial charge in [-0.25, -0.2) is 4.98 Å². The summed E-state index contributed by atoms with van der Waals surface area (Å²) >= 11 is 0. The molecule has 0 saturated carbocycles. The lowest BCUT2D eigenvalue weighted by molar-refractivity contribution is -0.571. The van der Waals surface area contributed by atoms with E-state index in [0.29, 0.717) is 34.7 Å². The molecule has 0 aliphatic heterocycles. The van der Waals surface area contributed by atoms with Crippen molar-refractivity contribution in [3.05, 3.63) is 199 Å². The number of para-hydroxylation sites is 4. The molecule has 5 heteroatoms. The minimum Gasteiger partial charge on any atom is -0.458 e. The normalized spacial score (nSPS) is 12.7. The number of fused-ring (bicyclic) bond motifs is 4. The first-order valence-electron chi connectivity index (χ1n) is 24.3. The first kappa shape index (κ1) is 40.3. The van der Waals surface area contributed by atoms with Gasteiger partial charge in [-0.05, 0) is 124 Å². The molecule has 0 N–H and O–H groups in total. The SMILES string of the molecule is [2H]C([2H])(c1ccnc(-n2c3ccccc3c3ccc(Oc4cccc(-n5[c-][n+](-c6c(-c7cccc(CC(C)C)c7)cccc6-c6cccc(CC(C)C)c6)c6ccccc65)c4)cc32)c1)C(C)(C)C. The number of hydrogen-bond acceptors (Lipinski definition) is 2. The quantitative estimate of drug-likeness (QED) is 0.0906. The minimum absolute atomic E-state index is 0.545. The van der Waals surface area contributed by atoms with E-state index < -0.39 is 11.8 Å².